The molecule has 0 unspecified atom stereocenters. The highest BCUT2D eigenvalue weighted by atomic mass is 32.2. The summed E-state index contributed by atoms with van der Waals surface area (Å²) in [4.78, 5) is 11.0. The van der Waals surface area contributed by atoms with Crippen LogP contribution in [-0.4, -0.2) is 43.8 Å². The highest BCUT2D eigenvalue weighted by Crippen LogP contribution is 2.50. The average molecular weight is 388 g/mol. The van der Waals surface area contributed by atoms with Gasteiger partial charge in [-0.25, -0.2) is 0 Å². The number of aldehydes is 1. The first kappa shape index (κ1) is 17.9. The van der Waals surface area contributed by atoms with Crippen molar-refractivity contribution in [3.8, 4) is 0 Å². The summed E-state index contributed by atoms with van der Waals surface area (Å²) in [5.41, 5.74) is 1.73. The van der Waals surface area contributed by atoms with Crippen LogP contribution < -0.4 is 4.72 Å². The van der Waals surface area contributed by atoms with E-state index in [1.165, 1.54) is 0 Å². The van der Waals surface area contributed by atoms with Gasteiger partial charge in [0.1, 0.15) is 12.8 Å². The van der Waals surface area contributed by atoms with Gasteiger partial charge in [0.05, 0.1) is 5.54 Å². The van der Waals surface area contributed by atoms with Crippen LogP contribution >= 0.6 is 0 Å². The van der Waals surface area contributed by atoms with Crippen molar-refractivity contribution in [2.75, 3.05) is 13.1 Å². The van der Waals surface area contributed by atoms with E-state index in [0.717, 1.165) is 30.3 Å². The van der Waals surface area contributed by atoms with E-state index in [1.54, 1.807) is 6.07 Å². The van der Waals surface area contributed by atoms with Crippen LogP contribution in [0.25, 0.3) is 0 Å². The van der Waals surface area contributed by atoms with Crippen molar-refractivity contribution in [3.05, 3.63) is 34.9 Å². The molecule has 142 valence electrons. The SMILES string of the molecule is O=Cc1ccc2c(c1)C[C@@H]1CC[C@H](C2)[C@]12CN(CC(F)(F)F)S(=O)(=O)N2. The van der Waals surface area contributed by atoms with Gasteiger partial charge in [0.2, 0.25) is 0 Å². The largest absolute Gasteiger partial charge is 0.402 e. The maximum atomic E-state index is 12.8. The second-order valence-corrected chi connectivity index (χ2v) is 9.23. The van der Waals surface area contributed by atoms with Crippen LogP contribution in [0.5, 0.6) is 0 Å². The van der Waals surface area contributed by atoms with Crippen molar-refractivity contribution in [2.45, 2.75) is 37.4 Å². The molecule has 26 heavy (non-hydrogen) atoms. The van der Waals surface area contributed by atoms with Crippen molar-refractivity contribution in [1.29, 1.82) is 0 Å². The fourth-order valence-electron chi connectivity index (χ4n) is 4.94. The van der Waals surface area contributed by atoms with Gasteiger partial charge in [-0.05, 0) is 54.7 Å². The lowest BCUT2D eigenvalue weighted by Gasteiger charge is -2.33. The molecule has 0 aromatic heterocycles. The molecule has 2 fully saturated rings. The van der Waals surface area contributed by atoms with Crippen LogP contribution in [0.2, 0.25) is 0 Å². The third-order valence-electron chi connectivity index (χ3n) is 6.07. The fraction of sp³-hybridized carbons (Fsp3) is 0.588. The second-order valence-electron chi connectivity index (χ2n) is 7.56. The van der Waals surface area contributed by atoms with Crippen molar-refractivity contribution in [2.24, 2.45) is 11.8 Å². The predicted octanol–water partition coefficient (Wildman–Crippen LogP) is 2.08. The van der Waals surface area contributed by atoms with Gasteiger partial charge in [-0.1, -0.05) is 12.1 Å². The fourth-order valence-corrected chi connectivity index (χ4v) is 6.65. The number of alkyl halides is 3. The number of halogens is 3. The Balaban J connectivity index is 1.69. The van der Waals surface area contributed by atoms with Gasteiger partial charge in [-0.15, -0.1) is 0 Å². The third kappa shape index (κ3) is 2.86. The summed E-state index contributed by atoms with van der Waals surface area (Å²) in [6.45, 7) is -1.62. The summed E-state index contributed by atoms with van der Waals surface area (Å²) in [6, 6.07) is 5.42. The van der Waals surface area contributed by atoms with E-state index >= 15 is 0 Å². The smallest absolute Gasteiger partial charge is 0.298 e. The van der Waals surface area contributed by atoms with Gasteiger partial charge < -0.3 is 0 Å². The first-order valence-electron chi connectivity index (χ1n) is 8.56. The summed E-state index contributed by atoms with van der Waals surface area (Å²) in [5.74, 6) is -0.132. The van der Waals surface area contributed by atoms with E-state index in [1.807, 2.05) is 12.1 Å². The van der Waals surface area contributed by atoms with Gasteiger partial charge in [0, 0.05) is 12.1 Å². The number of nitrogens with zero attached hydrogens (tertiary/aromatic N) is 1. The first-order valence-corrected chi connectivity index (χ1v) is 10.00. The highest BCUT2D eigenvalue weighted by Gasteiger charge is 2.60. The Hall–Kier alpha value is -1.45. The van der Waals surface area contributed by atoms with Crippen LogP contribution in [0.3, 0.4) is 0 Å². The molecule has 1 saturated carbocycles. The zero-order valence-corrected chi connectivity index (χ0v) is 14.7. The molecule has 1 heterocycles. The maximum Gasteiger partial charge on any atom is 0.402 e. The van der Waals surface area contributed by atoms with E-state index in [9.17, 15) is 26.4 Å². The summed E-state index contributed by atoms with van der Waals surface area (Å²) >= 11 is 0. The minimum atomic E-state index is -4.58. The van der Waals surface area contributed by atoms with E-state index in [2.05, 4.69) is 4.72 Å². The number of benzene rings is 1. The topological polar surface area (TPSA) is 66.5 Å². The second kappa shape index (κ2) is 5.77. The Labute approximate surface area is 149 Å². The van der Waals surface area contributed by atoms with Crippen molar-refractivity contribution in [3.63, 3.8) is 0 Å². The Morgan fingerprint density at radius 2 is 1.85 bits per heavy atom. The Morgan fingerprint density at radius 3 is 2.46 bits per heavy atom. The summed E-state index contributed by atoms with van der Waals surface area (Å²) < 4.78 is 66.4. The minimum Gasteiger partial charge on any atom is -0.298 e. The Morgan fingerprint density at radius 1 is 1.19 bits per heavy atom. The summed E-state index contributed by atoms with van der Waals surface area (Å²) in [7, 11) is -4.16. The number of fused-ring (bicyclic) bond motifs is 1. The van der Waals surface area contributed by atoms with Crippen LogP contribution in [0.15, 0.2) is 18.2 Å². The average Bonchev–Trinajstić information content (AvgIpc) is 2.91. The maximum absolute atomic E-state index is 12.8. The van der Waals surface area contributed by atoms with Crippen LogP contribution in [0, 0.1) is 11.8 Å². The molecule has 3 aliphatic rings. The monoisotopic (exact) mass is 388 g/mol. The molecule has 3 atom stereocenters. The van der Waals surface area contributed by atoms with Crippen molar-refractivity contribution >= 4 is 16.5 Å². The molecule has 1 saturated heterocycles. The lowest BCUT2D eigenvalue weighted by Crippen LogP contribution is -2.52. The van der Waals surface area contributed by atoms with E-state index in [-0.39, 0.29) is 18.4 Å². The molecular weight excluding hydrogens is 369 g/mol. The molecule has 0 radical (unpaired) electrons. The van der Waals surface area contributed by atoms with Gasteiger partial charge in [-0.2, -0.15) is 30.6 Å². The molecule has 0 amide bonds. The van der Waals surface area contributed by atoms with Crippen LogP contribution in [-0.2, 0) is 23.1 Å². The Kier molecular flexibility index (Phi) is 3.98. The van der Waals surface area contributed by atoms with Crippen molar-refractivity contribution in [1.82, 2.24) is 9.03 Å². The van der Waals surface area contributed by atoms with Crippen molar-refractivity contribution < 1.29 is 26.4 Å². The molecule has 9 heteroatoms. The number of hydrogen-bond acceptors (Lipinski definition) is 3. The zero-order valence-electron chi connectivity index (χ0n) is 13.9. The number of carbonyl (C=O) groups excluding carboxylic acids is 1. The number of rotatable bonds is 2. The van der Waals surface area contributed by atoms with Gasteiger partial charge >= 0.3 is 6.18 Å². The molecule has 4 rings (SSSR count). The van der Waals surface area contributed by atoms with Gasteiger partial charge in [-0.3, -0.25) is 4.79 Å². The summed E-state index contributed by atoms with van der Waals surface area (Å²) in [5, 5.41) is 0. The normalized spacial score (nSPS) is 33.2. The molecule has 1 aromatic carbocycles. The third-order valence-corrected chi connectivity index (χ3v) is 7.65. The molecule has 1 spiro atoms. The first-order chi connectivity index (χ1) is 12.1. The summed E-state index contributed by atoms with van der Waals surface area (Å²) in [6.07, 6.45) is -1.10. The lowest BCUT2D eigenvalue weighted by molar-refractivity contribution is -0.136. The molecule has 1 aromatic rings. The standard InChI is InChI=1S/C17H19F3N2O3S/c18-17(19,20)10-22-9-16(21-26(22,24)25)14-3-4-15(16)7-13-5-11(8-23)1-2-12(13)6-14/h1-2,5,8,14-15,21H,3-4,6-7,9-10H2/t14-,15+,16-/m1/s1. The van der Waals surface area contributed by atoms with E-state index in [0.29, 0.717) is 22.7 Å². The van der Waals surface area contributed by atoms with Gasteiger partial charge in [0.25, 0.3) is 10.2 Å². The molecule has 2 aliphatic carbocycles. The van der Waals surface area contributed by atoms with Gasteiger partial charge in [0.15, 0.2) is 0 Å². The van der Waals surface area contributed by atoms with Crippen LogP contribution in [0.4, 0.5) is 13.2 Å². The molecular formula is C17H19F3N2O3S. The number of hydrogen-bond donors (Lipinski definition) is 1. The van der Waals surface area contributed by atoms with E-state index < -0.39 is 28.5 Å². The van der Waals surface area contributed by atoms with E-state index in [4.69, 9.17) is 0 Å². The predicted molar refractivity (Wildman–Crippen MR) is 87.9 cm³/mol. The molecule has 2 bridgehead atoms. The molecule has 1 aliphatic heterocycles. The quantitative estimate of drug-likeness (QED) is 0.789. The lowest BCUT2D eigenvalue weighted by atomic mass is 9.79. The number of carbonyl (C=O) groups is 1. The molecule has 5 nitrogen and oxygen atoms in total. The zero-order chi connectivity index (χ0) is 18.7. The number of nitrogens with one attached hydrogen (secondary N) is 1. The minimum absolute atomic E-state index is 0.0520. The molecule has 1 N–H and O–H groups in total. The highest BCUT2D eigenvalue weighted by molar-refractivity contribution is 7.87. The Bertz CT molecular complexity index is 855. The van der Waals surface area contributed by atoms with Crippen LogP contribution in [0.1, 0.15) is 34.3 Å².